The molecule has 0 saturated heterocycles. The molecule has 0 spiro atoms. The normalized spacial score (nSPS) is 6.00. The van der Waals surface area contributed by atoms with Crippen molar-refractivity contribution in [2.75, 3.05) is 0 Å². The molecular formula is AlO2P. The molecule has 0 atom stereocenters. The van der Waals surface area contributed by atoms with E-state index in [0.717, 1.165) is 0 Å². The Bertz CT molecular complexity index is 27.0. The van der Waals surface area contributed by atoms with Crippen LogP contribution in [0.5, 0.6) is 0 Å². The Labute approximate surface area is 30.9 Å². The van der Waals surface area contributed by atoms with E-state index in [0.29, 0.717) is 0 Å². The van der Waals surface area contributed by atoms with Crippen molar-refractivity contribution in [1.82, 2.24) is 0 Å². The van der Waals surface area contributed by atoms with Crippen molar-refractivity contribution in [3.05, 3.63) is 0 Å². The predicted octanol–water partition coefficient (Wildman–Crippen LogP) is 0.243. The quantitative estimate of drug-likeness (QED) is 0.341. The second kappa shape index (κ2) is 3.43. The Hall–Kier alpha value is 0.432. The Balaban J connectivity index is 2.73. The zero-order valence-corrected chi connectivity index (χ0v) is 3.89. The molecule has 0 aromatic heterocycles. The Morgan fingerprint density at radius 1 is 1.75 bits per heavy atom. The van der Waals surface area contributed by atoms with Gasteiger partial charge in [-0.1, -0.05) is 0 Å². The molecule has 0 amide bonds. The third kappa shape index (κ3) is 2.43. The van der Waals surface area contributed by atoms with E-state index in [4.69, 9.17) is 8.37 Å². The van der Waals surface area contributed by atoms with Crippen molar-refractivity contribution in [2.24, 2.45) is 0 Å². The summed E-state index contributed by atoms with van der Waals surface area (Å²) in [6.07, 6.45) is 0. The van der Waals surface area contributed by atoms with E-state index in [1.807, 2.05) is 0 Å². The molecule has 0 radical (unpaired) electrons. The van der Waals surface area contributed by atoms with Crippen LogP contribution in [0.4, 0.5) is 0 Å². The SMILES string of the molecule is [O]=[Al][P]=O. The van der Waals surface area contributed by atoms with Gasteiger partial charge in [0.1, 0.15) is 0 Å². The summed E-state index contributed by atoms with van der Waals surface area (Å²) in [5.74, 6) is 0. The van der Waals surface area contributed by atoms with Crippen LogP contribution < -0.4 is 0 Å². The van der Waals surface area contributed by atoms with Crippen LogP contribution in [0.15, 0.2) is 0 Å². The van der Waals surface area contributed by atoms with Crippen LogP contribution in [0.3, 0.4) is 0 Å². The molecule has 20 valence electrons. The summed E-state index contributed by atoms with van der Waals surface area (Å²) >= 11 is -1.05. The first-order valence-electron chi connectivity index (χ1n) is 0.676. The molecule has 2 nitrogen and oxygen atoms in total. The van der Waals surface area contributed by atoms with E-state index in [-0.39, 0.29) is 7.11 Å². The van der Waals surface area contributed by atoms with Gasteiger partial charge in [0.25, 0.3) is 0 Å². The van der Waals surface area contributed by atoms with Gasteiger partial charge in [0.15, 0.2) is 0 Å². The van der Waals surface area contributed by atoms with Crippen LogP contribution in [0.2, 0.25) is 0 Å². The van der Waals surface area contributed by atoms with Crippen molar-refractivity contribution in [3.63, 3.8) is 0 Å². The van der Waals surface area contributed by atoms with Crippen LogP contribution in [0.1, 0.15) is 0 Å². The van der Waals surface area contributed by atoms with Gasteiger partial charge in [0.05, 0.1) is 0 Å². The fourth-order valence-corrected chi connectivity index (χ4v) is 0. The van der Waals surface area contributed by atoms with Crippen molar-refractivity contribution >= 4 is 21.8 Å². The molecule has 0 aliphatic heterocycles. The minimum absolute atomic E-state index is 0.224. The summed E-state index contributed by atoms with van der Waals surface area (Å²) in [6, 6.07) is 0. The first-order chi connectivity index (χ1) is 1.91. The predicted molar refractivity (Wildman–Crippen MR) is 14.0 cm³/mol. The Morgan fingerprint density at radius 3 is 2.00 bits per heavy atom. The molecule has 0 aliphatic rings. The third-order valence-corrected chi connectivity index (χ3v) is 0.387. The summed E-state index contributed by atoms with van der Waals surface area (Å²) < 4.78 is 18.1. The van der Waals surface area contributed by atoms with Gasteiger partial charge in [-0.05, 0) is 0 Å². The summed E-state index contributed by atoms with van der Waals surface area (Å²) in [7, 11) is -0.224. The molecule has 0 fully saturated rings. The third-order valence-electron chi connectivity index (χ3n) is 0.0430. The molecule has 0 saturated carbocycles. The maximum absolute atomic E-state index is 9.06. The van der Waals surface area contributed by atoms with Gasteiger partial charge >= 0.3 is 30.2 Å². The molecule has 0 aliphatic carbocycles. The molecule has 4 heavy (non-hydrogen) atoms. The molecule has 0 aromatic rings. The summed E-state index contributed by atoms with van der Waals surface area (Å²) in [4.78, 5) is 0. The average molecular weight is 90.0 g/mol. The maximum atomic E-state index is 9.06. The first kappa shape index (κ1) is 4.43. The number of hydrogen-bond donors (Lipinski definition) is 0. The van der Waals surface area contributed by atoms with E-state index in [2.05, 4.69) is 0 Å². The van der Waals surface area contributed by atoms with Gasteiger partial charge < -0.3 is 0 Å². The molecule has 4 heteroatoms. The standard InChI is InChI=1S/Al.OP.O/c;1-2;/q+1;-1;. The molecule has 0 bridgehead atoms. The van der Waals surface area contributed by atoms with Crippen molar-refractivity contribution in [1.29, 1.82) is 0 Å². The van der Waals surface area contributed by atoms with Gasteiger partial charge in [0.2, 0.25) is 0 Å². The van der Waals surface area contributed by atoms with Gasteiger partial charge in [-0.25, -0.2) is 0 Å². The van der Waals surface area contributed by atoms with Crippen LogP contribution in [0, 0.1) is 0 Å². The van der Waals surface area contributed by atoms with Crippen molar-refractivity contribution < 1.29 is 8.37 Å². The van der Waals surface area contributed by atoms with E-state index in [9.17, 15) is 0 Å². The summed E-state index contributed by atoms with van der Waals surface area (Å²) in [5.41, 5.74) is 0. The number of rotatable bonds is 1. The van der Waals surface area contributed by atoms with Crippen molar-refractivity contribution in [2.45, 2.75) is 0 Å². The molecule has 0 heterocycles. The van der Waals surface area contributed by atoms with Crippen molar-refractivity contribution in [3.8, 4) is 0 Å². The number of hydrogen-bond acceptors (Lipinski definition) is 2. The Morgan fingerprint density at radius 2 is 2.00 bits per heavy atom. The van der Waals surface area contributed by atoms with E-state index in [1.54, 1.807) is 0 Å². The topological polar surface area (TPSA) is 34.1 Å². The molecule has 0 unspecified atom stereocenters. The molecule has 0 rings (SSSR count). The molecular weight excluding hydrogens is 90.0 g/mol. The molecule has 0 N–H and O–H groups in total. The van der Waals surface area contributed by atoms with Gasteiger partial charge in [-0.3, -0.25) is 0 Å². The first-order valence-corrected chi connectivity index (χ1v) is 3.58. The van der Waals surface area contributed by atoms with E-state index < -0.39 is 14.7 Å². The van der Waals surface area contributed by atoms with E-state index in [1.165, 1.54) is 0 Å². The van der Waals surface area contributed by atoms with E-state index >= 15 is 0 Å². The average Bonchev–Trinajstić information content (AvgIpc) is 1.37. The summed E-state index contributed by atoms with van der Waals surface area (Å²) in [5, 5.41) is 0. The van der Waals surface area contributed by atoms with Crippen LogP contribution in [-0.2, 0) is 8.37 Å². The second-order valence-corrected chi connectivity index (χ2v) is 1.90. The second-order valence-electron chi connectivity index (χ2n) is 0.211. The zero-order chi connectivity index (χ0) is 3.41. The van der Waals surface area contributed by atoms with Crippen LogP contribution in [0.25, 0.3) is 0 Å². The summed E-state index contributed by atoms with van der Waals surface area (Å²) in [6.45, 7) is 0. The van der Waals surface area contributed by atoms with Gasteiger partial charge in [0, 0.05) is 0 Å². The fraction of sp³-hybridized carbons (Fsp3) is 0. The van der Waals surface area contributed by atoms with Gasteiger partial charge in [-0.2, -0.15) is 0 Å². The Kier molecular flexibility index (Phi) is 3.80. The van der Waals surface area contributed by atoms with Gasteiger partial charge in [-0.15, -0.1) is 0 Å². The van der Waals surface area contributed by atoms with Crippen LogP contribution >= 0.6 is 7.11 Å². The molecule has 0 aromatic carbocycles. The fourth-order valence-electron chi connectivity index (χ4n) is 0. The minimum atomic E-state index is -1.05. The van der Waals surface area contributed by atoms with Crippen LogP contribution in [-0.4, -0.2) is 14.7 Å². The zero-order valence-electron chi connectivity index (χ0n) is 1.84. The monoisotopic (exact) mass is 89.9 g/mol.